The molecule has 0 aliphatic rings. The number of hydrogen-bond acceptors (Lipinski definition) is 0. The van der Waals surface area contributed by atoms with E-state index in [1.54, 1.807) is 0 Å². The summed E-state index contributed by atoms with van der Waals surface area (Å²) in [5, 5.41) is 0. The summed E-state index contributed by atoms with van der Waals surface area (Å²) in [6.45, 7) is 13.5. The zero-order chi connectivity index (χ0) is 20.3. The van der Waals surface area contributed by atoms with Crippen LogP contribution in [0.15, 0.2) is 61.7 Å². The Morgan fingerprint density at radius 1 is 0.714 bits per heavy atom. The van der Waals surface area contributed by atoms with Gasteiger partial charge >= 0.3 is 0 Å². The van der Waals surface area contributed by atoms with Gasteiger partial charge in [0.25, 0.3) is 0 Å². The second-order valence-corrected chi connectivity index (χ2v) is 8.28. The first-order valence-electron chi connectivity index (χ1n) is 10.7. The van der Waals surface area contributed by atoms with Gasteiger partial charge in [0, 0.05) is 11.1 Å². The van der Waals surface area contributed by atoms with E-state index < -0.39 is 0 Å². The molecule has 4 heteroatoms. The van der Waals surface area contributed by atoms with Gasteiger partial charge in [-0.15, -0.1) is 0 Å². The molecule has 0 N–H and O–H groups in total. The Bertz CT molecular complexity index is 814. The molecule has 0 fully saturated rings. The largest absolute Gasteiger partial charge is 0.244 e. The summed E-state index contributed by atoms with van der Waals surface area (Å²) >= 11 is 0. The molecular formula is C24H36N4+2. The molecule has 3 rings (SSSR count). The quantitative estimate of drug-likeness (QED) is 0.488. The number of imidazole rings is 2. The minimum atomic E-state index is 0.345. The minimum Gasteiger partial charge on any atom is -0.235 e. The standard InChI is InChI=1S/C24H36N4/c1-7-23(27-15-13-25(17-27)19(3)4)21-11-9-10-12-22(21)24(8-2)28-16-14-26(18-28)20(5)6/h9-20,23-24H,7-8H2,1-6H3/q+2/t23-,24-/m1/s1. The summed E-state index contributed by atoms with van der Waals surface area (Å²) in [7, 11) is 0. The van der Waals surface area contributed by atoms with Gasteiger partial charge in [-0.25, -0.2) is 18.3 Å². The van der Waals surface area contributed by atoms with E-state index in [0.717, 1.165) is 12.8 Å². The Morgan fingerprint density at radius 3 is 1.39 bits per heavy atom. The first-order chi connectivity index (χ1) is 13.5. The number of aromatic nitrogens is 4. The first kappa shape index (κ1) is 20.4. The van der Waals surface area contributed by atoms with Crippen LogP contribution in [0, 0.1) is 0 Å². The fraction of sp³-hybridized carbons (Fsp3) is 0.500. The van der Waals surface area contributed by atoms with Gasteiger partial charge in [-0.2, -0.15) is 0 Å². The van der Waals surface area contributed by atoms with Crippen LogP contribution < -0.4 is 9.13 Å². The molecule has 0 saturated heterocycles. The van der Waals surface area contributed by atoms with Crippen LogP contribution in [0.5, 0.6) is 0 Å². The van der Waals surface area contributed by atoms with E-state index in [0.29, 0.717) is 24.2 Å². The third-order valence-electron chi connectivity index (χ3n) is 5.75. The van der Waals surface area contributed by atoms with Gasteiger partial charge < -0.3 is 0 Å². The molecule has 2 atom stereocenters. The van der Waals surface area contributed by atoms with Crippen molar-refractivity contribution < 1.29 is 9.13 Å². The van der Waals surface area contributed by atoms with E-state index in [-0.39, 0.29) is 0 Å². The Kier molecular flexibility index (Phi) is 6.38. The molecule has 0 amide bonds. The van der Waals surface area contributed by atoms with Crippen LogP contribution in [0.3, 0.4) is 0 Å². The molecule has 2 heterocycles. The third-order valence-corrected chi connectivity index (χ3v) is 5.75. The lowest BCUT2D eigenvalue weighted by atomic mass is 9.92. The maximum Gasteiger partial charge on any atom is 0.244 e. The summed E-state index contributed by atoms with van der Waals surface area (Å²) in [5.41, 5.74) is 2.85. The van der Waals surface area contributed by atoms with Crippen molar-refractivity contribution in [1.82, 2.24) is 9.13 Å². The maximum atomic E-state index is 2.37. The zero-order valence-corrected chi connectivity index (χ0v) is 18.3. The Morgan fingerprint density at radius 2 is 1.11 bits per heavy atom. The van der Waals surface area contributed by atoms with E-state index in [9.17, 15) is 0 Å². The second-order valence-electron chi connectivity index (χ2n) is 8.28. The fourth-order valence-corrected chi connectivity index (χ4v) is 4.05. The summed E-state index contributed by atoms with van der Waals surface area (Å²) in [4.78, 5) is 0. The van der Waals surface area contributed by atoms with Gasteiger partial charge in [0.1, 0.15) is 36.9 Å². The van der Waals surface area contributed by atoms with Crippen LogP contribution >= 0.6 is 0 Å². The Labute approximate surface area is 170 Å². The molecule has 0 bridgehead atoms. The summed E-state index contributed by atoms with van der Waals surface area (Å²) in [5.74, 6) is 0. The Hall–Kier alpha value is -2.36. The van der Waals surface area contributed by atoms with E-state index in [4.69, 9.17) is 0 Å². The van der Waals surface area contributed by atoms with Gasteiger partial charge in [0.05, 0.1) is 12.1 Å². The molecule has 0 unspecified atom stereocenters. The van der Waals surface area contributed by atoms with Gasteiger partial charge in [0.2, 0.25) is 12.7 Å². The second kappa shape index (κ2) is 8.76. The molecular weight excluding hydrogens is 344 g/mol. The predicted molar refractivity (Wildman–Crippen MR) is 113 cm³/mol. The molecule has 3 aromatic rings. The molecule has 28 heavy (non-hydrogen) atoms. The van der Waals surface area contributed by atoms with Gasteiger partial charge in [-0.1, -0.05) is 38.1 Å². The lowest BCUT2D eigenvalue weighted by Crippen LogP contribution is -2.42. The number of rotatable bonds is 8. The predicted octanol–water partition coefficient (Wildman–Crippen LogP) is 5.03. The average molecular weight is 381 g/mol. The molecule has 2 aromatic heterocycles. The first-order valence-corrected chi connectivity index (χ1v) is 10.7. The van der Waals surface area contributed by atoms with Crippen molar-refractivity contribution in [2.45, 2.75) is 78.6 Å². The molecule has 150 valence electrons. The highest BCUT2D eigenvalue weighted by atomic mass is 15.2. The molecule has 0 aliphatic carbocycles. The van der Waals surface area contributed by atoms with Crippen LogP contribution in [-0.4, -0.2) is 9.13 Å². The lowest BCUT2D eigenvalue weighted by molar-refractivity contribution is -0.719. The minimum absolute atomic E-state index is 0.345. The third kappa shape index (κ3) is 4.06. The van der Waals surface area contributed by atoms with Crippen molar-refractivity contribution in [2.75, 3.05) is 0 Å². The van der Waals surface area contributed by atoms with Crippen molar-refractivity contribution in [1.29, 1.82) is 0 Å². The molecule has 4 nitrogen and oxygen atoms in total. The molecule has 0 radical (unpaired) electrons. The summed E-state index contributed by atoms with van der Waals surface area (Å²) < 4.78 is 9.30. The van der Waals surface area contributed by atoms with Crippen LogP contribution in [0.1, 0.15) is 89.7 Å². The monoisotopic (exact) mass is 380 g/mol. The van der Waals surface area contributed by atoms with Crippen molar-refractivity contribution in [3.05, 3.63) is 72.8 Å². The van der Waals surface area contributed by atoms with Gasteiger partial charge in [0.15, 0.2) is 0 Å². The van der Waals surface area contributed by atoms with Crippen LogP contribution in [0.4, 0.5) is 0 Å². The van der Waals surface area contributed by atoms with Crippen LogP contribution in [0.2, 0.25) is 0 Å². The van der Waals surface area contributed by atoms with Crippen molar-refractivity contribution in [3.63, 3.8) is 0 Å². The lowest BCUT2D eigenvalue weighted by Gasteiger charge is -2.21. The average Bonchev–Trinajstić information content (AvgIpc) is 3.34. The van der Waals surface area contributed by atoms with E-state index in [2.05, 4.69) is 122 Å². The van der Waals surface area contributed by atoms with E-state index in [1.807, 2.05) is 0 Å². The van der Waals surface area contributed by atoms with Crippen LogP contribution in [0.25, 0.3) is 0 Å². The van der Waals surface area contributed by atoms with E-state index >= 15 is 0 Å². The van der Waals surface area contributed by atoms with Crippen LogP contribution in [-0.2, 0) is 0 Å². The van der Waals surface area contributed by atoms with Gasteiger partial charge in [-0.3, -0.25) is 0 Å². The maximum absolute atomic E-state index is 2.37. The van der Waals surface area contributed by atoms with Crippen molar-refractivity contribution >= 4 is 0 Å². The molecule has 0 saturated carbocycles. The topological polar surface area (TPSA) is 17.6 Å². The molecule has 0 aliphatic heterocycles. The zero-order valence-electron chi connectivity index (χ0n) is 18.3. The molecule has 0 spiro atoms. The fourth-order valence-electron chi connectivity index (χ4n) is 4.05. The SMILES string of the molecule is CC[C@H](c1ccccc1[C@@H](CC)[n+]1ccn(C(C)C)c1)[n+]1ccn(C(C)C)c1. The highest BCUT2D eigenvalue weighted by molar-refractivity contribution is 5.31. The number of benzene rings is 1. The number of nitrogens with zero attached hydrogens (tertiary/aromatic N) is 4. The smallest absolute Gasteiger partial charge is 0.235 e. The number of hydrogen-bond donors (Lipinski definition) is 0. The van der Waals surface area contributed by atoms with Crippen molar-refractivity contribution in [3.8, 4) is 0 Å². The summed E-state index contributed by atoms with van der Waals surface area (Å²) in [6.07, 6.45) is 15.4. The van der Waals surface area contributed by atoms with Gasteiger partial charge in [-0.05, 0) is 40.5 Å². The van der Waals surface area contributed by atoms with E-state index in [1.165, 1.54) is 11.1 Å². The normalized spacial score (nSPS) is 14.0. The highest BCUT2D eigenvalue weighted by Crippen LogP contribution is 2.27. The summed E-state index contributed by atoms with van der Waals surface area (Å²) in [6, 6.07) is 10.6. The highest BCUT2D eigenvalue weighted by Gasteiger charge is 2.27. The van der Waals surface area contributed by atoms with Crippen molar-refractivity contribution in [2.24, 2.45) is 0 Å². The Balaban J connectivity index is 2.02. The molecule has 1 aromatic carbocycles.